The number of anilines is 1. The summed E-state index contributed by atoms with van der Waals surface area (Å²) < 4.78 is 23.8. The molecule has 0 spiro atoms. The highest BCUT2D eigenvalue weighted by molar-refractivity contribution is 5.60. The van der Waals surface area contributed by atoms with Crippen molar-refractivity contribution < 1.29 is 9.13 Å². The molecule has 0 bridgehead atoms. The van der Waals surface area contributed by atoms with Gasteiger partial charge in [-0.25, -0.2) is 4.39 Å². The summed E-state index contributed by atoms with van der Waals surface area (Å²) >= 11 is 0. The zero-order valence-corrected chi connectivity index (χ0v) is 16.9. The summed E-state index contributed by atoms with van der Waals surface area (Å²) in [7, 11) is 0. The van der Waals surface area contributed by atoms with Crippen molar-refractivity contribution in [2.24, 2.45) is 0 Å². The highest BCUT2D eigenvalue weighted by atomic mass is 19.1. The van der Waals surface area contributed by atoms with E-state index >= 15 is 0 Å². The van der Waals surface area contributed by atoms with Crippen molar-refractivity contribution in [1.82, 2.24) is 29.6 Å². The molecule has 9 heteroatoms. The first-order valence-electron chi connectivity index (χ1n) is 9.93. The lowest BCUT2D eigenvalue weighted by Crippen LogP contribution is -2.45. The van der Waals surface area contributed by atoms with Crippen LogP contribution < -0.4 is 4.90 Å². The highest BCUT2D eigenvalue weighted by Crippen LogP contribution is 2.23. The van der Waals surface area contributed by atoms with Crippen molar-refractivity contribution in [1.29, 1.82) is 0 Å². The Balaban J connectivity index is 1.42. The zero-order chi connectivity index (χ0) is 20.7. The summed E-state index contributed by atoms with van der Waals surface area (Å²) in [5, 5.41) is 17.5. The molecule has 154 valence electrons. The average molecular weight is 407 g/mol. The van der Waals surface area contributed by atoms with Crippen molar-refractivity contribution in [3.8, 4) is 11.4 Å². The Morgan fingerprint density at radius 3 is 2.77 bits per heavy atom. The number of nitrogens with zero attached hydrogens (tertiary/aromatic N) is 7. The smallest absolute Gasteiger partial charge is 0.188 e. The maximum Gasteiger partial charge on any atom is 0.188 e. The number of fused-ring (bicyclic) bond motifs is 1. The van der Waals surface area contributed by atoms with Crippen LogP contribution in [0.4, 0.5) is 10.2 Å². The van der Waals surface area contributed by atoms with E-state index in [1.807, 2.05) is 30.7 Å². The summed E-state index contributed by atoms with van der Waals surface area (Å²) in [5.41, 5.74) is 3.07. The van der Waals surface area contributed by atoms with Crippen molar-refractivity contribution in [3.05, 3.63) is 59.7 Å². The fourth-order valence-corrected chi connectivity index (χ4v) is 3.85. The predicted octanol–water partition coefficient (Wildman–Crippen LogP) is 2.65. The van der Waals surface area contributed by atoms with Gasteiger partial charge in [-0.1, -0.05) is 12.1 Å². The minimum absolute atomic E-state index is 0.00111. The lowest BCUT2D eigenvalue weighted by molar-refractivity contribution is 0.0267. The first-order chi connectivity index (χ1) is 14.6. The molecule has 0 amide bonds. The van der Waals surface area contributed by atoms with Gasteiger partial charge in [0.2, 0.25) is 0 Å². The number of benzene rings is 1. The lowest BCUT2D eigenvalue weighted by atomic mass is 10.2. The van der Waals surface area contributed by atoms with Gasteiger partial charge in [0.25, 0.3) is 0 Å². The van der Waals surface area contributed by atoms with Gasteiger partial charge in [0, 0.05) is 18.8 Å². The summed E-state index contributed by atoms with van der Waals surface area (Å²) in [6, 6.07) is 12.3. The minimum Gasteiger partial charge on any atom is -0.373 e. The largest absolute Gasteiger partial charge is 0.373 e. The van der Waals surface area contributed by atoms with Gasteiger partial charge in [-0.2, -0.15) is 9.61 Å². The minimum atomic E-state index is -0.352. The molecular formula is C21H22FN7O. The molecule has 0 radical (unpaired) electrons. The molecule has 0 N–H and O–H groups in total. The number of aryl methyl sites for hydroxylation is 2. The SMILES string of the molecule is Cc1cc(C)n(CC2CN(c3ccc4nnc(-c5ccccc5F)n4n3)CCO2)n1. The van der Waals surface area contributed by atoms with E-state index in [9.17, 15) is 4.39 Å². The molecule has 1 aliphatic heterocycles. The Kier molecular flexibility index (Phi) is 4.66. The molecule has 0 aliphatic carbocycles. The van der Waals surface area contributed by atoms with E-state index < -0.39 is 0 Å². The van der Waals surface area contributed by atoms with Gasteiger partial charge in [0.1, 0.15) is 11.6 Å². The van der Waals surface area contributed by atoms with Gasteiger partial charge in [-0.05, 0) is 44.2 Å². The maximum absolute atomic E-state index is 14.3. The quantitative estimate of drug-likeness (QED) is 0.518. The predicted molar refractivity (Wildman–Crippen MR) is 110 cm³/mol. The topological polar surface area (TPSA) is 73.4 Å². The standard InChI is InChI=1S/C21H22FN7O/c1-14-11-15(2)28(25-14)13-16-12-27(9-10-30-16)20-8-7-19-23-24-21(29(19)26-20)17-5-3-4-6-18(17)22/h3-8,11,16H,9-10,12-13H2,1-2H3. The van der Waals surface area contributed by atoms with Crippen molar-refractivity contribution in [3.63, 3.8) is 0 Å². The number of morpholine rings is 1. The van der Waals surface area contributed by atoms with E-state index in [0.29, 0.717) is 36.7 Å². The van der Waals surface area contributed by atoms with Crippen LogP contribution in [0.1, 0.15) is 11.4 Å². The molecule has 1 unspecified atom stereocenters. The Morgan fingerprint density at radius 1 is 1.10 bits per heavy atom. The van der Waals surface area contributed by atoms with E-state index in [0.717, 1.165) is 23.8 Å². The van der Waals surface area contributed by atoms with Crippen LogP contribution >= 0.6 is 0 Å². The number of ether oxygens (including phenoxy) is 1. The monoisotopic (exact) mass is 407 g/mol. The second kappa shape index (κ2) is 7.49. The Bertz CT molecular complexity index is 1200. The van der Waals surface area contributed by atoms with Gasteiger partial charge in [-0.15, -0.1) is 15.3 Å². The van der Waals surface area contributed by atoms with Crippen LogP contribution in [-0.4, -0.2) is 55.4 Å². The first-order valence-corrected chi connectivity index (χ1v) is 9.93. The van der Waals surface area contributed by atoms with Gasteiger partial charge in [0.05, 0.1) is 30.5 Å². The lowest BCUT2D eigenvalue weighted by Gasteiger charge is -2.33. The van der Waals surface area contributed by atoms with Gasteiger partial charge < -0.3 is 9.64 Å². The zero-order valence-electron chi connectivity index (χ0n) is 16.9. The maximum atomic E-state index is 14.3. The van der Waals surface area contributed by atoms with Crippen LogP contribution in [0, 0.1) is 19.7 Å². The van der Waals surface area contributed by atoms with Crippen LogP contribution in [0.3, 0.4) is 0 Å². The Hall–Kier alpha value is -3.33. The average Bonchev–Trinajstić information content (AvgIpc) is 3.30. The van der Waals surface area contributed by atoms with Crippen LogP contribution in [0.5, 0.6) is 0 Å². The summed E-state index contributed by atoms with van der Waals surface area (Å²) in [6.07, 6.45) is 0.00111. The molecule has 30 heavy (non-hydrogen) atoms. The van der Waals surface area contributed by atoms with E-state index in [-0.39, 0.29) is 11.9 Å². The molecule has 1 fully saturated rings. The number of aromatic nitrogens is 6. The number of hydrogen-bond acceptors (Lipinski definition) is 6. The molecule has 0 saturated carbocycles. The van der Waals surface area contributed by atoms with Crippen LogP contribution in [0.25, 0.3) is 17.0 Å². The fraction of sp³-hybridized carbons (Fsp3) is 0.333. The highest BCUT2D eigenvalue weighted by Gasteiger charge is 2.24. The van der Waals surface area contributed by atoms with Crippen molar-refractivity contribution >= 4 is 11.5 Å². The summed E-state index contributed by atoms with van der Waals surface area (Å²) in [6.45, 7) is 6.74. The van der Waals surface area contributed by atoms with Crippen LogP contribution in [-0.2, 0) is 11.3 Å². The molecule has 4 aromatic rings. The second-order valence-corrected chi connectivity index (χ2v) is 7.51. The van der Waals surface area contributed by atoms with Gasteiger partial charge >= 0.3 is 0 Å². The molecule has 1 saturated heterocycles. The van der Waals surface area contributed by atoms with E-state index in [1.165, 1.54) is 6.07 Å². The molecule has 1 atom stereocenters. The van der Waals surface area contributed by atoms with Gasteiger partial charge in [0.15, 0.2) is 11.5 Å². The third kappa shape index (κ3) is 3.41. The summed E-state index contributed by atoms with van der Waals surface area (Å²) in [4.78, 5) is 2.17. The second-order valence-electron chi connectivity index (χ2n) is 7.51. The van der Waals surface area contributed by atoms with Crippen molar-refractivity contribution in [2.75, 3.05) is 24.6 Å². The van der Waals surface area contributed by atoms with Gasteiger partial charge in [-0.3, -0.25) is 4.68 Å². The molecular weight excluding hydrogens is 385 g/mol. The molecule has 3 aromatic heterocycles. The molecule has 1 aromatic carbocycles. The summed E-state index contributed by atoms with van der Waals surface area (Å²) in [5.74, 6) is 0.814. The molecule has 5 rings (SSSR count). The van der Waals surface area contributed by atoms with E-state index in [2.05, 4.69) is 26.3 Å². The number of rotatable bonds is 4. The third-order valence-electron chi connectivity index (χ3n) is 5.31. The molecule has 8 nitrogen and oxygen atoms in total. The fourth-order valence-electron chi connectivity index (χ4n) is 3.85. The Labute approximate surface area is 172 Å². The molecule has 1 aliphatic rings. The van der Waals surface area contributed by atoms with Crippen molar-refractivity contribution in [2.45, 2.75) is 26.5 Å². The number of hydrogen-bond donors (Lipinski definition) is 0. The first kappa shape index (κ1) is 18.7. The molecule has 4 heterocycles. The van der Waals surface area contributed by atoms with E-state index in [4.69, 9.17) is 9.84 Å². The third-order valence-corrected chi connectivity index (χ3v) is 5.31. The van der Waals surface area contributed by atoms with Crippen LogP contribution in [0.2, 0.25) is 0 Å². The number of halogens is 1. The van der Waals surface area contributed by atoms with Crippen LogP contribution in [0.15, 0.2) is 42.5 Å². The normalized spacial score (nSPS) is 17.0. The Morgan fingerprint density at radius 2 is 1.97 bits per heavy atom. The van der Waals surface area contributed by atoms with E-state index in [1.54, 1.807) is 22.7 Å².